The number of ether oxygens (including phenoxy) is 2. The van der Waals surface area contributed by atoms with Crippen molar-refractivity contribution in [2.75, 3.05) is 0 Å². The van der Waals surface area contributed by atoms with E-state index < -0.39 is 34.3 Å². The summed E-state index contributed by atoms with van der Waals surface area (Å²) in [5.41, 5.74) is 1.63. The van der Waals surface area contributed by atoms with E-state index in [9.17, 15) is 29.7 Å². The number of thiazole rings is 2. The first-order valence-electron chi connectivity index (χ1n) is 16.8. The van der Waals surface area contributed by atoms with Crippen LogP contribution < -0.4 is 9.47 Å². The molecule has 56 heavy (non-hydrogen) atoms. The second kappa shape index (κ2) is 11.6. The van der Waals surface area contributed by atoms with Gasteiger partial charge >= 0.3 is 0 Å². The fraction of sp³-hybridized carbons (Fsp3) is 0.143. The summed E-state index contributed by atoms with van der Waals surface area (Å²) in [5, 5.41) is 19.6. The first-order valence-corrected chi connectivity index (χ1v) is 18.4. The maximum atomic E-state index is 13.4. The molecule has 0 N–H and O–H groups in total. The molecule has 0 spiro atoms. The summed E-state index contributed by atoms with van der Waals surface area (Å²) >= 11 is 2.50. The highest BCUT2D eigenvalue weighted by molar-refractivity contribution is 7.17. The van der Waals surface area contributed by atoms with Gasteiger partial charge in [0.2, 0.25) is 11.8 Å². The summed E-state index contributed by atoms with van der Waals surface area (Å²) in [6, 6.07) is 13.0. The van der Waals surface area contributed by atoms with E-state index >= 15 is 0 Å². The van der Waals surface area contributed by atoms with E-state index in [0.29, 0.717) is 31.5 Å². The van der Waals surface area contributed by atoms with E-state index in [1.807, 2.05) is 52.0 Å². The predicted octanol–water partition coefficient (Wildman–Crippen LogP) is 8.96. The topological polar surface area (TPSA) is 169 Å². The number of fused-ring (bicyclic) bond motifs is 8. The van der Waals surface area contributed by atoms with E-state index in [1.165, 1.54) is 59.1 Å². The summed E-state index contributed by atoms with van der Waals surface area (Å²) in [6.45, 7) is 22.4. The minimum absolute atomic E-state index is 0.00358. The second-order valence-electron chi connectivity index (χ2n) is 14.3. The lowest BCUT2D eigenvalue weighted by molar-refractivity contribution is 0.0952. The monoisotopic (exact) mass is 768 g/mol. The quantitative estimate of drug-likeness (QED) is 0.0960. The van der Waals surface area contributed by atoms with Gasteiger partial charge in [-0.05, 0) is 64.1 Å². The Morgan fingerprint density at radius 2 is 0.964 bits per heavy atom. The summed E-state index contributed by atoms with van der Waals surface area (Å²) in [7, 11) is 0. The third-order valence-corrected chi connectivity index (χ3v) is 12.2. The molecule has 5 aromatic rings. The van der Waals surface area contributed by atoms with Gasteiger partial charge in [0.05, 0.1) is 45.2 Å². The molecule has 14 heteroatoms. The van der Waals surface area contributed by atoms with Crippen LogP contribution in [0.25, 0.3) is 42.7 Å². The molecule has 3 aromatic carbocycles. The second-order valence-corrected chi connectivity index (χ2v) is 16.3. The zero-order valence-corrected chi connectivity index (χ0v) is 31.2. The van der Waals surface area contributed by atoms with Crippen LogP contribution in [0.1, 0.15) is 101 Å². The van der Waals surface area contributed by atoms with Crippen molar-refractivity contribution in [1.82, 2.24) is 9.97 Å². The van der Waals surface area contributed by atoms with Gasteiger partial charge in [-0.15, -0.1) is 22.7 Å². The number of hydrogen-bond donors (Lipinski definition) is 0. The number of carbonyl (C=O) groups is 4. The summed E-state index contributed by atoms with van der Waals surface area (Å²) in [6.07, 6.45) is 2.84. The number of hydrogen-bond acceptors (Lipinski definition) is 12. The Bertz CT molecular complexity index is 2740. The number of allylic oxidation sites excluding steroid dienone is 2. The number of nitrogens with zero attached hydrogens (tertiary/aromatic N) is 6. The van der Waals surface area contributed by atoms with Gasteiger partial charge in [-0.2, -0.15) is 10.5 Å². The predicted molar refractivity (Wildman–Crippen MR) is 204 cm³/mol. The third-order valence-electron chi connectivity index (χ3n) is 10.1. The van der Waals surface area contributed by atoms with Crippen LogP contribution in [0.15, 0.2) is 47.5 Å². The van der Waals surface area contributed by atoms with Crippen molar-refractivity contribution < 1.29 is 28.7 Å². The van der Waals surface area contributed by atoms with Crippen molar-refractivity contribution in [1.29, 1.82) is 10.5 Å². The Morgan fingerprint density at radius 1 is 0.607 bits per heavy atom. The Labute approximate surface area is 325 Å². The highest BCUT2D eigenvalue weighted by Crippen LogP contribution is 2.55. The highest BCUT2D eigenvalue weighted by Gasteiger charge is 2.42. The minimum atomic E-state index is -0.882. The molecule has 0 fully saturated rings. The number of ketones is 4. The van der Waals surface area contributed by atoms with Crippen molar-refractivity contribution in [2.24, 2.45) is 0 Å². The molecule has 0 radical (unpaired) electrons. The Morgan fingerprint density at radius 3 is 1.30 bits per heavy atom. The number of rotatable bonds is 2. The summed E-state index contributed by atoms with van der Waals surface area (Å²) in [4.78, 5) is 70.9. The molecule has 2 aliphatic heterocycles. The highest BCUT2D eigenvalue weighted by atomic mass is 32.1. The molecule has 4 aliphatic rings. The third kappa shape index (κ3) is 4.77. The minimum Gasteiger partial charge on any atom is -0.466 e. The van der Waals surface area contributed by atoms with Gasteiger partial charge in [-0.25, -0.2) is 9.97 Å². The molecule has 0 amide bonds. The molecule has 4 heterocycles. The number of carbonyl (C=O) groups excluding carboxylic acids is 4. The van der Waals surface area contributed by atoms with Gasteiger partial charge in [0, 0.05) is 44.5 Å². The van der Waals surface area contributed by atoms with Crippen LogP contribution in [0.3, 0.4) is 0 Å². The molecule has 0 atom stereocenters. The maximum absolute atomic E-state index is 13.4. The van der Waals surface area contributed by atoms with E-state index in [-0.39, 0.29) is 55.9 Å². The van der Waals surface area contributed by atoms with Gasteiger partial charge in [0.1, 0.15) is 33.4 Å². The van der Waals surface area contributed by atoms with Crippen molar-refractivity contribution >= 4 is 69.3 Å². The van der Waals surface area contributed by atoms with Gasteiger partial charge < -0.3 is 9.47 Å². The van der Waals surface area contributed by atoms with Crippen molar-refractivity contribution in [3.63, 3.8) is 0 Å². The van der Waals surface area contributed by atoms with Crippen LogP contribution in [0, 0.1) is 35.8 Å². The summed E-state index contributed by atoms with van der Waals surface area (Å²) in [5.74, 6) is -1.54. The molecule has 0 saturated carbocycles. The van der Waals surface area contributed by atoms with Crippen LogP contribution in [0.5, 0.6) is 11.8 Å². The zero-order valence-electron chi connectivity index (χ0n) is 29.6. The van der Waals surface area contributed by atoms with Crippen LogP contribution >= 0.6 is 22.7 Å². The molecule has 0 saturated heterocycles. The Hall–Kier alpha value is -7.36. The molecular weight excluding hydrogens is 749 g/mol. The number of benzene rings is 3. The Balaban J connectivity index is 1.11. The lowest BCUT2D eigenvalue weighted by Crippen LogP contribution is -2.32. The van der Waals surface area contributed by atoms with Crippen molar-refractivity contribution in [2.45, 2.75) is 38.9 Å². The number of nitriles is 2. The molecule has 0 unspecified atom stereocenters. The molecular formula is C42H20N6O6S2. The molecule has 2 aromatic heterocycles. The van der Waals surface area contributed by atoms with Crippen molar-refractivity contribution in [3.8, 4) is 44.8 Å². The molecule has 0 bridgehead atoms. The summed E-state index contributed by atoms with van der Waals surface area (Å²) < 4.78 is 12.9. The zero-order chi connectivity index (χ0) is 39.6. The van der Waals surface area contributed by atoms with E-state index in [1.54, 1.807) is 0 Å². The van der Waals surface area contributed by atoms with Gasteiger partial charge in [-0.3, -0.25) is 28.9 Å². The first kappa shape index (κ1) is 34.4. The van der Waals surface area contributed by atoms with Gasteiger partial charge in [-0.1, -0.05) is 12.1 Å². The normalized spacial score (nSPS) is 16.1. The largest absolute Gasteiger partial charge is 0.466 e. The van der Waals surface area contributed by atoms with E-state index in [2.05, 4.69) is 19.7 Å². The van der Waals surface area contributed by atoms with Gasteiger partial charge in [0.25, 0.3) is 0 Å². The number of aromatic nitrogens is 2. The van der Waals surface area contributed by atoms with Crippen LogP contribution in [0.4, 0.5) is 11.4 Å². The lowest BCUT2D eigenvalue weighted by Gasteiger charge is -2.37. The van der Waals surface area contributed by atoms with Crippen LogP contribution in [0.2, 0.25) is 0 Å². The van der Waals surface area contributed by atoms with Gasteiger partial charge in [0.15, 0.2) is 34.5 Å². The molecule has 12 nitrogen and oxygen atoms in total. The average Bonchev–Trinajstić information content (AvgIpc) is 3.89. The standard InChI is InChI=1S/C42H20N6O6S2/c1-41(2)27-10-24-28(9-23(27)37-39(53-41)47-31(55-37)13-25-33(49)19-7-17(15-43)18(16-44)8-20(19)34(25)50)42(3,4)54-40-38(24)56-32(48-40)14-26-35(51)21-11-29(45-5)30(46-6)12-22(21)36(26)52/h7-14H,1-4H3. The fourth-order valence-corrected chi connectivity index (χ4v) is 9.33. The lowest BCUT2D eigenvalue weighted by atomic mass is 9.81. The number of Topliss-reactive ketones (excluding diaryl/α,β-unsaturated/α-hetero) is 4. The first-order chi connectivity index (χ1) is 26.7. The maximum Gasteiger partial charge on any atom is 0.234 e. The average molecular weight is 769 g/mol. The fourth-order valence-electron chi connectivity index (χ4n) is 7.40. The smallest absolute Gasteiger partial charge is 0.234 e. The SMILES string of the molecule is [C-]#[N+]c1cc2c(cc1[N+]#[C-])C(=O)C(=Cc1nc3c(s1)-c1cc4c(cc1C(C)(C)O3)-c1sc(C=C3C(=O)c5cc(C#N)c(C#N)cc5C3=O)nc1OC4(C)C)C2=O. The van der Waals surface area contributed by atoms with E-state index in [4.69, 9.17) is 22.6 Å². The van der Waals surface area contributed by atoms with Crippen LogP contribution in [-0.4, -0.2) is 33.1 Å². The Kier molecular flexibility index (Phi) is 7.11. The van der Waals surface area contributed by atoms with E-state index in [0.717, 1.165) is 22.3 Å². The van der Waals surface area contributed by atoms with Crippen LogP contribution in [-0.2, 0) is 11.2 Å². The molecule has 9 rings (SSSR count). The molecule has 266 valence electrons. The molecule has 2 aliphatic carbocycles. The van der Waals surface area contributed by atoms with Crippen molar-refractivity contribution in [3.05, 3.63) is 125 Å².